The van der Waals surface area contributed by atoms with Crippen LogP contribution in [-0.2, 0) is 0 Å². The van der Waals surface area contributed by atoms with E-state index in [2.05, 4.69) is 0 Å². The van der Waals surface area contributed by atoms with Crippen LogP contribution in [0.25, 0.3) is 0 Å². The Morgan fingerprint density at radius 2 is 1.14 bits per heavy atom. The molecule has 4 heteroatoms. The third-order valence-corrected chi connectivity index (χ3v) is 2.03. The van der Waals surface area contributed by atoms with Gasteiger partial charge in [0, 0.05) is 11.1 Å². The molecule has 0 unspecified atom stereocenters. The highest BCUT2D eigenvalue weighted by atomic mass is 16.3. The van der Waals surface area contributed by atoms with Crippen LogP contribution in [0.3, 0.4) is 0 Å². The molecule has 70 valence electrons. The molecule has 0 atom stereocenters. The van der Waals surface area contributed by atoms with Gasteiger partial charge in [-0.3, -0.25) is 9.59 Å². The van der Waals surface area contributed by atoms with Gasteiger partial charge in [0.15, 0.2) is 23.1 Å². The van der Waals surface area contributed by atoms with Crippen LogP contribution >= 0.6 is 0 Å². The summed E-state index contributed by atoms with van der Waals surface area (Å²) in [7, 11) is 0. The molecule has 2 N–H and O–H groups in total. The van der Waals surface area contributed by atoms with Crippen LogP contribution < -0.4 is 0 Å². The molecule has 0 aromatic heterocycles. The van der Waals surface area contributed by atoms with Crippen molar-refractivity contribution in [3.8, 4) is 11.5 Å². The van der Waals surface area contributed by atoms with E-state index < -0.39 is 11.5 Å². The minimum atomic E-state index is -0.403. The molecule has 1 aromatic carbocycles. The molecule has 0 bridgehead atoms. The number of aromatic hydroxyl groups is 2. The molecule has 0 spiro atoms. The summed E-state index contributed by atoms with van der Waals surface area (Å²) < 4.78 is 0. The maximum absolute atomic E-state index is 11.3. The zero-order chi connectivity index (χ0) is 10.3. The highest BCUT2D eigenvalue weighted by molar-refractivity contribution is 6.22. The van der Waals surface area contributed by atoms with Crippen molar-refractivity contribution in [3.05, 3.63) is 35.4 Å². The summed E-state index contributed by atoms with van der Waals surface area (Å²) >= 11 is 0. The Morgan fingerprint density at radius 3 is 1.50 bits per heavy atom. The summed E-state index contributed by atoms with van der Waals surface area (Å²) in [5.41, 5.74) is 0.237. The number of hydrogen-bond acceptors (Lipinski definition) is 4. The average Bonchev–Trinajstić information content (AvgIpc) is 2.15. The Kier molecular flexibility index (Phi) is 1.64. The second kappa shape index (κ2) is 2.70. The van der Waals surface area contributed by atoms with E-state index in [9.17, 15) is 9.59 Å². The molecule has 14 heavy (non-hydrogen) atoms. The van der Waals surface area contributed by atoms with Gasteiger partial charge < -0.3 is 10.2 Å². The number of hydrogen-bond donors (Lipinski definition) is 2. The first-order valence-electron chi connectivity index (χ1n) is 3.92. The number of carbonyl (C=O) groups is 2. The number of fused-ring (bicyclic) bond motifs is 1. The first-order valence-corrected chi connectivity index (χ1v) is 3.92. The van der Waals surface area contributed by atoms with Crippen molar-refractivity contribution < 1.29 is 19.8 Å². The minimum absolute atomic E-state index is 0.118. The van der Waals surface area contributed by atoms with Crippen LogP contribution in [0.4, 0.5) is 0 Å². The van der Waals surface area contributed by atoms with E-state index in [-0.39, 0.29) is 22.7 Å². The van der Waals surface area contributed by atoms with E-state index in [4.69, 9.17) is 10.2 Å². The highest BCUT2D eigenvalue weighted by Crippen LogP contribution is 2.30. The van der Waals surface area contributed by atoms with Crippen molar-refractivity contribution in [2.45, 2.75) is 0 Å². The van der Waals surface area contributed by atoms with Gasteiger partial charge in [-0.05, 0) is 24.3 Å². The normalized spacial score (nSPS) is 14.3. The molecule has 0 fully saturated rings. The molecule has 1 aliphatic rings. The lowest BCUT2D eigenvalue weighted by Gasteiger charge is -2.09. The summed E-state index contributed by atoms with van der Waals surface area (Å²) in [4.78, 5) is 22.5. The van der Waals surface area contributed by atoms with Crippen LogP contribution in [0, 0.1) is 0 Å². The Morgan fingerprint density at radius 1 is 0.786 bits per heavy atom. The second-order valence-electron chi connectivity index (χ2n) is 2.95. The fourth-order valence-corrected chi connectivity index (χ4v) is 1.32. The Bertz CT molecular complexity index is 428. The van der Waals surface area contributed by atoms with E-state index in [1.807, 2.05) is 0 Å². The van der Waals surface area contributed by atoms with Crippen molar-refractivity contribution in [3.63, 3.8) is 0 Å². The number of ketones is 2. The first-order chi connectivity index (χ1) is 6.59. The summed E-state index contributed by atoms with van der Waals surface area (Å²) in [6.07, 6.45) is 2.28. The molecule has 0 heterocycles. The van der Waals surface area contributed by atoms with Crippen molar-refractivity contribution in [1.29, 1.82) is 0 Å². The van der Waals surface area contributed by atoms with Crippen molar-refractivity contribution in [2.24, 2.45) is 0 Å². The van der Waals surface area contributed by atoms with Gasteiger partial charge in [-0.25, -0.2) is 0 Å². The average molecular weight is 190 g/mol. The lowest BCUT2D eigenvalue weighted by Crippen LogP contribution is -2.10. The fraction of sp³-hybridized carbons (Fsp3) is 0. The van der Waals surface area contributed by atoms with E-state index in [1.165, 1.54) is 0 Å². The molecular formula is C10H6O4. The number of phenolic OH excluding ortho intramolecular Hbond substituents is 2. The number of carbonyl (C=O) groups excluding carboxylic acids is 2. The van der Waals surface area contributed by atoms with E-state index in [0.717, 1.165) is 24.3 Å². The first kappa shape index (κ1) is 8.50. The quantitative estimate of drug-likeness (QED) is 0.599. The lowest BCUT2D eigenvalue weighted by atomic mass is 9.94. The number of benzene rings is 1. The zero-order valence-corrected chi connectivity index (χ0v) is 7.02. The van der Waals surface area contributed by atoms with Crippen molar-refractivity contribution in [2.75, 3.05) is 0 Å². The van der Waals surface area contributed by atoms with Gasteiger partial charge in [-0.2, -0.15) is 0 Å². The summed E-state index contributed by atoms with van der Waals surface area (Å²) in [6, 6.07) is 2.18. The van der Waals surface area contributed by atoms with Crippen LogP contribution in [0.15, 0.2) is 24.3 Å². The molecule has 0 radical (unpaired) electrons. The van der Waals surface area contributed by atoms with E-state index >= 15 is 0 Å². The Balaban J connectivity index is 2.73. The lowest BCUT2D eigenvalue weighted by molar-refractivity contribution is 0.0993. The molecule has 4 nitrogen and oxygen atoms in total. The van der Waals surface area contributed by atoms with Gasteiger partial charge in [0.25, 0.3) is 0 Å². The van der Waals surface area contributed by atoms with Gasteiger partial charge >= 0.3 is 0 Å². The largest absolute Gasteiger partial charge is 0.504 e. The minimum Gasteiger partial charge on any atom is -0.504 e. The zero-order valence-electron chi connectivity index (χ0n) is 7.02. The number of phenols is 2. The second-order valence-corrected chi connectivity index (χ2v) is 2.95. The summed E-state index contributed by atoms with van der Waals surface area (Å²) in [6.45, 7) is 0. The SMILES string of the molecule is O=C1C=CC(=O)c2cc(O)c(O)cc21. The number of rotatable bonds is 0. The van der Waals surface area contributed by atoms with Crippen molar-refractivity contribution in [1.82, 2.24) is 0 Å². The fourth-order valence-electron chi connectivity index (χ4n) is 1.32. The molecule has 1 aliphatic carbocycles. The summed E-state index contributed by atoms with van der Waals surface area (Å²) in [5, 5.41) is 18.3. The van der Waals surface area contributed by atoms with Crippen LogP contribution in [0.5, 0.6) is 11.5 Å². The maximum atomic E-state index is 11.3. The predicted molar refractivity (Wildman–Crippen MR) is 47.6 cm³/mol. The maximum Gasteiger partial charge on any atom is 0.186 e. The molecule has 0 saturated carbocycles. The van der Waals surface area contributed by atoms with Crippen molar-refractivity contribution >= 4 is 11.6 Å². The van der Waals surface area contributed by atoms with Gasteiger partial charge in [-0.1, -0.05) is 0 Å². The smallest absolute Gasteiger partial charge is 0.186 e. The van der Waals surface area contributed by atoms with E-state index in [1.54, 1.807) is 0 Å². The highest BCUT2D eigenvalue weighted by Gasteiger charge is 2.21. The van der Waals surface area contributed by atoms with Gasteiger partial charge in [-0.15, -0.1) is 0 Å². The third-order valence-electron chi connectivity index (χ3n) is 2.03. The van der Waals surface area contributed by atoms with Crippen LogP contribution in [0.1, 0.15) is 20.7 Å². The van der Waals surface area contributed by atoms with Gasteiger partial charge in [0.05, 0.1) is 0 Å². The van der Waals surface area contributed by atoms with Gasteiger partial charge in [0.1, 0.15) is 0 Å². The molecule has 2 rings (SSSR count). The molecule has 0 amide bonds. The third kappa shape index (κ3) is 1.08. The van der Waals surface area contributed by atoms with E-state index in [0.29, 0.717) is 0 Å². The van der Waals surface area contributed by atoms with Gasteiger partial charge in [0.2, 0.25) is 0 Å². The molecule has 0 aliphatic heterocycles. The monoisotopic (exact) mass is 190 g/mol. The molecule has 0 saturated heterocycles. The molecule has 1 aromatic rings. The Labute approximate surface area is 79.1 Å². The van der Waals surface area contributed by atoms with Crippen LogP contribution in [0.2, 0.25) is 0 Å². The standard InChI is InChI=1S/C10H6O4/c11-7-1-2-8(12)6-4-10(14)9(13)3-5(6)7/h1-4,13-14H. The summed E-state index contributed by atoms with van der Waals surface area (Å²) in [5.74, 6) is -1.51. The topological polar surface area (TPSA) is 74.6 Å². The predicted octanol–water partition coefficient (Wildman–Crippen LogP) is 1.03. The molecular weight excluding hydrogens is 184 g/mol. The Hall–Kier alpha value is -2.10. The number of allylic oxidation sites excluding steroid dienone is 2. The van der Waals surface area contributed by atoms with Crippen LogP contribution in [-0.4, -0.2) is 21.8 Å².